The maximum Gasteiger partial charge on any atom is 0.0726 e. The Bertz CT molecular complexity index is 3560. The third-order valence-corrected chi connectivity index (χ3v) is 14.1. The average molecular weight is 838 g/mol. The number of anilines is 3. The number of nitrogens with zero attached hydrogens (tertiary/aromatic N) is 1. The highest BCUT2D eigenvalue weighted by molar-refractivity contribution is 5.97. The second-order valence-electron chi connectivity index (χ2n) is 17.6. The Kier molecular flexibility index (Phi) is 8.82. The fourth-order valence-corrected chi connectivity index (χ4v) is 11.1. The summed E-state index contributed by atoms with van der Waals surface area (Å²) >= 11 is 0. The molecule has 0 radical (unpaired) electrons. The summed E-state index contributed by atoms with van der Waals surface area (Å²) in [4.78, 5) is 2.46. The smallest absolute Gasteiger partial charge is 0.0726 e. The van der Waals surface area contributed by atoms with Crippen LogP contribution in [0, 0.1) is 0 Å². The first-order chi connectivity index (χ1) is 32.7. The van der Waals surface area contributed by atoms with E-state index in [0.717, 1.165) is 17.1 Å². The molecule has 1 nitrogen and oxygen atoms in total. The Morgan fingerprint density at radius 2 is 0.621 bits per heavy atom. The van der Waals surface area contributed by atoms with E-state index in [4.69, 9.17) is 0 Å². The molecule has 2 aliphatic carbocycles. The zero-order valence-electron chi connectivity index (χ0n) is 36.3. The summed E-state index contributed by atoms with van der Waals surface area (Å²) in [7, 11) is 0. The molecule has 2 aliphatic rings. The van der Waals surface area contributed by atoms with Crippen LogP contribution in [0.3, 0.4) is 0 Å². The van der Waals surface area contributed by atoms with E-state index in [1.165, 1.54) is 99.8 Å². The molecule has 308 valence electrons. The molecule has 11 aromatic rings. The van der Waals surface area contributed by atoms with Gasteiger partial charge in [-0.3, -0.25) is 0 Å². The minimum absolute atomic E-state index is 0.453. The van der Waals surface area contributed by atoms with Gasteiger partial charge in [-0.1, -0.05) is 218 Å². The molecule has 66 heavy (non-hydrogen) atoms. The minimum atomic E-state index is -0.453. The lowest BCUT2D eigenvalue weighted by Crippen LogP contribution is -2.26. The van der Waals surface area contributed by atoms with Crippen LogP contribution in [0.2, 0.25) is 0 Å². The quantitative estimate of drug-likeness (QED) is 0.155. The number of fused-ring (bicyclic) bond motifs is 11. The van der Waals surface area contributed by atoms with E-state index in [0.29, 0.717) is 0 Å². The van der Waals surface area contributed by atoms with Gasteiger partial charge < -0.3 is 4.90 Å². The van der Waals surface area contributed by atoms with Gasteiger partial charge in [0.25, 0.3) is 0 Å². The van der Waals surface area contributed by atoms with Crippen molar-refractivity contribution in [3.63, 3.8) is 0 Å². The van der Waals surface area contributed by atoms with Crippen molar-refractivity contribution >= 4 is 27.8 Å². The first kappa shape index (κ1) is 38.0. The third-order valence-electron chi connectivity index (χ3n) is 14.1. The second-order valence-corrected chi connectivity index (χ2v) is 17.6. The van der Waals surface area contributed by atoms with Crippen LogP contribution < -0.4 is 4.90 Å². The zero-order chi connectivity index (χ0) is 43.6. The highest BCUT2D eigenvalue weighted by Crippen LogP contribution is 2.63. The van der Waals surface area contributed by atoms with Crippen LogP contribution in [0.5, 0.6) is 0 Å². The molecule has 11 aromatic carbocycles. The Morgan fingerprint density at radius 1 is 0.212 bits per heavy atom. The Labute approximate surface area is 386 Å². The predicted octanol–water partition coefficient (Wildman–Crippen LogP) is 17.3. The monoisotopic (exact) mass is 837 g/mol. The number of hydrogen-bond acceptors (Lipinski definition) is 1. The molecule has 0 saturated carbocycles. The molecular formula is C65H43N. The summed E-state index contributed by atoms with van der Waals surface area (Å²) in [5.74, 6) is 0. The number of hydrogen-bond donors (Lipinski definition) is 0. The van der Waals surface area contributed by atoms with Crippen molar-refractivity contribution in [3.05, 3.63) is 283 Å². The van der Waals surface area contributed by atoms with Gasteiger partial charge in [-0.2, -0.15) is 0 Å². The van der Waals surface area contributed by atoms with Crippen LogP contribution in [0.4, 0.5) is 17.1 Å². The molecule has 0 N–H and O–H groups in total. The molecule has 0 atom stereocenters. The lowest BCUT2D eigenvalue weighted by Gasteiger charge is -2.32. The van der Waals surface area contributed by atoms with Gasteiger partial charge in [0, 0.05) is 17.1 Å². The van der Waals surface area contributed by atoms with Crippen LogP contribution in [-0.2, 0) is 5.41 Å². The maximum absolute atomic E-state index is 2.49. The van der Waals surface area contributed by atoms with E-state index >= 15 is 0 Å². The van der Waals surface area contributed by atoms with Crippen LogP contribution in [0.1, 0.15) is 22.3 Å². The standard InChI is InChI=1S/C65H43N/c1-3-15-44(16-4-1)46-27-30-49(31-28-46)55-39-37-53(42-60(55)48-18-5-2-6-19-48)66(52-35-33-47(34-36-52)51-32-29-45-17-7-8-20-50(45)41-51)54-38-40-59-58-23-11-14-26-63(58)65(64(59)43-54)61-24-12-9-21-56(61)57-22-10-13-25-62(57)65/h1-43H. The van der Waals surface area contributed by atoms with Crippen LogP contribution >= 0.6 is 0 Å². The summed E-state index contributed by atoms with van der Waals surface area (Å²) < 4.78 is 0. The van der Waals surface area contributed by atoms with Crippen molar-refractivity contribution in [3.8, 4) is 66.8 Å². The summed E-state index contributed by atoms with van der Waals surface area (Å²) in [6.45, 7) is 0. The molecular weight excluding hydrogens is 795 g/mol. The third kappa shape index (κ3) is 5.94. The van der Waals surface area contributed by atoms with Gasteiger partial charge in [0.15, 0.2) is 0 Å². The average Bonchev–Trinajstić information content (AvgIpc) is 3.86. The molecule has 0 heterocycles. The van der Waals surface area contributed by atoms with Crippen molar-refractivity contribution in [2.75, 3.05) is 4.90 Å². The Balaban J connectivity index is 1.01. The van der Waals surface area contributed by atoms with E-state index in [2.05, 4.69) is 266 Å². The van der Waals surface area contributed by atoms with Crippen molar-refractivity contribution in [1.82, 2.24) is 0 Å². The molecule has 13 rings (SSSR count). The first-order valence-electron chi connectivity index (χ1n) is 22.9. The predicted molar refractivity (Wildman–Crippen MR) is 277 cm³/mol. The van der Waals surface area contributed by atoms with Gasteiger partial charge in [0.2, 0.25) is 0 Å². The lowest BCUT2D eigenvalue weighted by atomic mass is 9.70. The summed E-state index contributed by atoms with van der Waals surface area (Å²) in [6, 6.07) is 96.4. The number of benzene rings is 11. The molecule has 0 saturated heterocycles. The highest BCUT2D eigenvalue weighted by atomic mass is 15.1. The minimum Gasteiger partial charge on any atom is -0.310 e. The second kappa shape index (κ2) is 15.3. The fourth-order valence-electron chi connectivity index (χ4n) is 11.1. The molecule has 0 unspecified atom stereocenters. The maximum atomic E-state index is 2.49. The Hall–Kier alpha value is -8.52. The van der Waals surface area contributed by atoms with Crippen molar-refractivity contribution < 1.29 is 0 Å². The van der Waals surface area contributed by atoms with Gasteiger partial charge in [0.05, 0.1) is 5.41 Å². The first-order valence-corrected chi connectivity index (χ1v) is 22.9. The summed E-state index contributed by atoms with van der Waals surface area (Å²) in [6.07, 6.45) is 0. The van der Waals surface area contributed by atoms with Gasteiger partial charge in [-0.05, 0) is 142 Å². The van der Waals surface area contributed by atoms with Gasteiger partial charge in [-0.15, -0.1) is 0 Å². The van der Waals surface area contributed by atoms with Crippen LogP contribution in [-0.4, -0.2) is 0 Å². The summed E-state index contributed by atoms with van der Waals surface area (Å²) in [5, 5.41) is 2.49. The van der Waals surface area contributed by atoms with E-state index in [1.54, 1.807) is 0 Å². The molecule has 0 aromatic heterocycles. The normalized spacial score (nSPS) is 12.7. The molecule has 1 heteroatoms. The lowest BCUT2D eigenvalue weighted by molar-refractivity contribution is 0.793. The van der Waals surface area contributed by atoms with Crippen molar-refractivity contribution in [2.45, 2.75) is 5.41 Å². The highest BCUT2D eigenvalue weighted by Gasteiger charge is 2.51. The Morgan fingerprint density at radius 3 is 1.26 bits per heavy atom. The molecule has 1 spiro atoms. The summed E-state index contributed by atoms with van der Waals surface area (Å²) in [5.41, 5.74) is 22.9. The molecule has 0 bridgehead atoms. The van der Waals surface area contributed by atoms with Crippen LogP contribution in [0.15, 0.2) is 261 Å². The van der Waals surface area contributed by atoms with Crippen molar-refractivity contribution in [1.29, 1.82) is 0 Å². The number of rotatable bonds is 7. The fraction of sp³-hybridized carbons (Fsp3) is 0.0154. The van der Waals surface area contributed by atoms with Gasteiger partial charge in [0.1, 0.15) is 0 Å². The largest absolute Gasteiger partial charge is 0.310 e. The van der Waals surface area contributed by atoms with E-state index < -0.39 is 5.41 Å². The van der Waals surface area contributed by atoms with E-state index in [-0.39, 0.29) is 0 Å². The molecule has 0 fully saturated rings. The zero-order valence-corrected chi connectivity index (χ0v) is 36.3. The van der Waals surface area contributed by atoms with E-state index in [9.17, 15) is 0 Å². The van der Waals surface area contributed by atoms with Gasteiger partial charge >= 0.3 is 0 Å². The molecule has 0 amide bonds. The van der Waals surface area contributed by atoms with E-state index in [1.807, 2.05) is 0 Å². The van der Waals surface area contributed by atoms with Crippen molar-refractivity contribution in [2.24, 2.45) is 0 Å². The van der Waals surface area contributed by atoms with Crippen LogP contribution in [0.25, 0.3) is 77.5 Å². The SMILES string of the molecule is c1ccc(-c2ccc(-c3ccc(N(c4ccc(-c5ccc6ccccc6c5)cc4)c4ccc5c(c4)C4(c6ccccc6-c6ccccc64)c4ccccc4-5)cc3-c3ccccc3)cc2)cc1. The van der Waals surface area contributed by atoms with Gasteiger partial charge in [-0.25, -0.2) is 0 Å². The topological polar surface area (TPSA) is 3.24 Å². The molecule has 0 aliphatic heterocycles.